The molecular formula is C15H18ClN3. The molecule has 2 aromatic rings. The maximum absolute atomic E-state index is 6.19. The lowest BCUT2D eigenvalue weighted by Gasteiger charge is -2.23. The summed E-state index contributed by atoms with van der Waals surface area (Å²) < 4.78 is 2.13. The Bertz CT molecular complexity index is 598. The Balaban J connectivity index is 1.78. The van der Waals surface area contributed by atoms with Gasteiger partial charge < -0.3 is 9.30 Å². The minimum Gasteiger partial charge on any atom is -0.352 e. The molecule has 0 amide bonds. The van der Waals surface area contributed by atoms with Gasteiger partial charge in [0.15, 0.2) is 5.82 Å². The second-order valence-corrected chi connectivity index (χ2v) is 6.04. The summed E-state index contributed by atoms with van der Waals surface area (Å²) >= 11 is 6.19. The van der Waals surface area contributed by atoms with Crippen molar-refractivity contribution in [2.45, 2.75) is 37.6 Å². The van der Waals surface area contributed by atoms with Gasteiger partial charge in [-0.05, 0) is 43.7 Å². The SMILES string of the molecule is ClCc1c(N(CC2CC2)C2CC2)nc2ccccn12. The molecule has 4 heteroatoms. The molecule has 2 fully saturated rings. The Kier molecular flexibility index (Phi) is 2.69. The van der Waals surface area contributed by atoms with Gasteiger partial charge in [-0.2, -0.15) is 0 Å². The molecule has 0 bridgehead atoms. The quantitative estimate of drug-likeness (QED) is 0.779. The van der Waals surface area contributed by atoms with Crippen molar-refractivity contribution in [3.05, 3.63) is 30.1 Å². The van der Waals surface area contributed by atoms with Crippen molar-refractivity contribution in [1.82, 2.24) is 9.38 Å². The van der Waals surface area contributed by atoms with E-state index in [1.165, 1.54) is 32.2 Å². The molecule has 2 aliphatic rings. The highest BCUT2D eigenvalue weighted by molar-refractivity contribution is 6.17. The van der Waals surface area contributed by atoms with Gasteiger partial charge in [0.05, 0.1) is 11.6 Å². The van der Waals surface area contributed by atoms with Crippen LogP contribution in [0.3, 0.4) is 0 Å². The maximum atomic E-state index is 6.19. The van der Waals surface area contributed by atoms with Crippen LogP contribution in [-0.4, -0.2) is 22.0 Å². The molecule has 0 radical (unpaired) electrons. The predicted octanol–water partition coefficient (Wildman–Crippen LogP) is 3.45. The average Bonchev–Trinajstić information content (AvgIpc) is 3.32. The number of alkyl halides is 1. The monoisotopic (exact) mass is 275 g/mol. The van der Waals surface area contributed by atoms with Crippen molar-refractivity contribution in [2.75, 3.05) is 11.4 Å². The second-order valence-electron chi connectivity index (χ2n) is 5.77. The lowest BCUT2D eigenvalue weighted by molar-refractivity contribution is 0.708. The number of pyridine rings is 1. The summed E-state index contributed by atoms with van der Waals surface area (Å²) in [6, 6.07) is 6.83. The van der Waals surface area contributed by atoms with Gasteiger partial charge in [-0.15, -0.1) is 11.6 Å². The van der Waals surface area contributed by atoms with E-state index in [0.717, 1.165) is 23.1 Å². The summed E-state index contributed by atoms with van der Waals surface area (Å²) in [5.74, 6) is 2.53. The molecule has 0 saturated heterocycles. The molecule has 0 aliphatic heterocycles. The van der Waals surface area contributed by atoms with Crippen LogP contribution in [0.25, 0.3) is 5.65 Å². The summed E-state index contributed by atoms with van der Waals surface area (Å²) in [6.45, 7) is 1.17. The highest BCUT2D eigenvalue weighted by Gasteiger charge is 2.36. The smallest absolute Gasteiger partial charge is 0.152 e. The second kappa shape index (κ2) is 4.41. The Morgan fingerprint density at radius 2 is 2.11 bits per heavy atom. The lowest BCUT2D eigenvalue weighted by atomic mass is 10.3. The van der Waals surface area contributed by atoms with Gasteiger partial charge >= 0.3 is 0 Å². The zero-order valence-corrected chi connectivity index (χ0v) is 11.7. The number of hydrogen-bond donors (Lipinski definition) is 0. The molecule has 0 N–H and O–H groups in total. The zero-order valence-electron chi connectivity index (χ0n) is 10.9. The average molecular weight is 276 g/mol. The van der Waals surface area contributed by atoms with E-state index in [0.29, 0.717) is 11.9 Å². The molecular weight excluding hydrogens is 258 g/mol. The minimum absolute atomic E-state index is 0.522. The molecule has 19 heavy (non-hydrogen) atoms. The van der Waals surface area contributed by atoms with Gasteiger partial charge in [0.2, 0.25) is 0 Å². The van der Waals surface area contributed by atoms with Crippen LogP contribution in [0.15, 0.2) is 24.4 Å². The Labute approximate surface area is 118 Å². The number of nitrogens with zero attached hydrogens (tertiary/aromatic N) is 3. The van der Waals surface area contributed by atoms with E-state index in [-0.39, 0.29) is 0 Å². The van der Waals surface area contributed by atoms with Crippen molar-refractivity contribution in [3.63, 3.8) is 0 Å². The van der Waals surface area contributed by atoms with Crippen molar-refractivity contribution in [1.29, 1.82) is 0 Å². The number of imidazole rings is 1. The van der Waals surface area contributed by atoms with Crippen LogP contribution in [0.1, 0.15) is 31.4 Å². The fraction of sp³-hybridized carbons (Fsp3) is 0.533. The van der Waals surface area contributed by atoms with E-state index in [1.54, 1.807) is 0 Å². The van der Waals surface area contributed by atoms with Crippen molar-refractivity contribution in [3.8, 4) is 0 Å². The Morgan fingerprint density at radius 1 is 1.26 bits per heavy atom. The van der Waals surface area contributed by atoms with Gasteiger partial charge in [0.25, 0.3) is 0 Å². The molecule has 0 unspecified atom stereocenters. The summed E-state index contributed by atoms with van der Waals surface area (Å²) in [4.78, 5) is 7.35. The van der Waals surface area contributed by atoms with Crippen molar-refractivity contribution < 1.29 is 0 Å². The summed E-state index contributed by atoms with van der Waals surface area (Å²) in [5.41, 5.74) is 2.15. The number of aromatic nitrogens is 2. The zero-order chi connectivity index (χ0) is 12.8. The number of anilines is 1. The first-order valence-corrected chi connectivity index (χ1v) is 7.69. The number of rotatable bonds is 5. The Morgan fingerprint density at radius 3 is 2.79 bits per heavy atom. The van der Waals surface area contributed by atoms with Crippen LogP contribution < -0.4 is 4.90 Å². The molecule has 0 aromatic carbocycles. The number of fused-ring (bicyclic) bond motifs is 1. The van der Waals surface area contributed by atoms with Crippen LogP contribution in [0.4, 0.5) is 5.82 Å². The third-order valence-corrected chi connectivity index (χ3v) is 4.40. The molecule has 4 rings (SSSR count). The molecule has 2 aromatic heterocycles. The molecule has 2 heterocycles. The fourth-order valence-electron chi connectivity index (χ4n) is 2.76. The van der Waals surface area contributed by atoms with E-state index in [2.05, 4.69) is 21.6 Å². The fourth-order valence-corrected chi connectivity index (χ4v) is 3.01. The first kappa shape index (κ1) is 11.6. The van der Waals surface area contributed by atoms with E-state index < -0.39 is 0 Å². The van der Waals surface area contributed by atoms with Gasteiger partial charge in [-0.25, -0.2) is 4.98 Å². The standard InChI is InChI=1S/C15H18ClN3/c16-9-13-15(17-14-3-1-2-8-18(13)14)19(12-6-7-12)10-11-4-5-11/h1-3,8,11-12H,4-7,9-10H2. The van der Waals surface area contributed by atoms with E-state index >= 15 is 0 Å². The summed E-state index contributed by atoms with van der Waals surface area (Å²) in [5, 5.41) is 0. The van der Waals surface area contributed by atoms with E-state index in [4.69, 9.17) is 16.6 Å². The summed E-state index contributed by atoms with van der Waals surface area (Å²) in [6.07, 6.45) is 7.44. The maximum Gasteiger partial charge on any atom is 0.152 e. The van der Waals surface area contributed by atoms with Crippen molar-refractivity contribution >= 4 is 23.1 Å². The van der Waals surface area contributed by atoms with Crippen LogP contribution in [0.2, 0.25) is 0 Å². The summed E-state index contributed by atoms with van der Waals surface area (Å²) in [7, 11) is 0. The van der Waals surface area contributed by atoms with Gasteiger partial charge in [0, 0.05) is 18.8 Å². The highest BCUT2D eigenvalue weighted by atomic mass is 35.5. The van der Waals surface area contributed by atoms with Crippen LogP contribution in [0.5, 0.6) is 0 Å². The van der Waals surface area contributed by atoms with Crippen molar-refractivity contribution in [2.24, 2.45) is 5.92 Å². The largest absolute Gasteiger partial charge is 0.352 e. The number of halogens is 1. The topological polar surface area (TPSA) is 20.5 Å². The van der Waals surface area contributed by atoms with Crippen LogP contribution in [0, 0.1) is 5.92 Å². The first-order valence-electron chi connectivity index (χ1n) is 7.15. The van der Waals surface area contributed by atoms with E-state index in [1.807, 2.05) is 12.1 Å². The number of hydrogen-bond acceptors (Lipinski definition) is 2. The normalized spacial score (nSPS) is 19.0. The van der Waals surface area contributed by atoms with Gasteiger partial charge in [0.1, 0.15) is 5.65 Å². The third-order valence-electron chi connectivity index (χ3n) is 4.15. The first-order chi connectivity index (χ1) is 9.36. The third kappa shape index (κ3) is 2.10. The van der Waals surface area contributed by atoms with Crippen LogP contribution >= 0.6 is 11.6 Å². The molecule has 2 saturated carbocycles. The predicted molar refractivity (Wildman–Crippen MR) is 77.8 cm³/mol. The molecule has 2 aliphatic carbocycles. The molecule has 100 valence electrons. The van der Waals surface area contributed by atoms with Crippen LogP contribution in [-0.2, 0) is 5.88 Å². The van der Waals surface area contributed by atoms with E-state index in [9.17, 15) is 0 Å². The lowest BCUT2D eigenvalue weighted by Crippen LogP contribution is -2.29. The molecule has 0 spiro atoms. The highest BCUT2D eigenvalue weighted by Crippen LogP contribution is 2.39. The van der Waals surface area contributed by atoms with Gasteiger partial charge in [-0.1, -0.05) is 6.07 Å². The Hall–Kier alpha value is -1.22. The minimum atomic E-state index is 0.522. The molecule has 3 nitrogen and oxygen atoms in total. The molecule has 0 atom stereocenters. The van der Waals surface area contributed by atoms with Gasteiger partial charge in [-0.3, -0.25) is 0 Å².